The van der Waals surface area contributed by atoms with Gasteiger partial charge in [-0.1, -0.05) is 19.9 Å². The standard InChI is InChI=1S/C14H19N3O/c1-9(2)7-15-14(18)13-11(4)16-12-6-5-10(3)8-17(12)13/h5-6,8-9H,7H2,1-4H3,(H,15,18). The van der Waals surface area contributed by atoms with Gasteiger partial charge in [-0.15, -0.1) is 0 Å². The number of pyridine rings is 1. The minimum absolute atomic E-state index is 0.0562. The smallest absolute Gasteiger partial charge is 0.270 e. The third-order valence-corrected chi connectivity index (χ3v) is 2.83. The maximum Gasteiger partial charge on any atom is 0.270 e. The Kier molecular flexibility index (Phi) is 3.36. The van der Waals surface area contributed by atoms with Gasteiger partial charge < -0.3 is 5.32 Å². The van der Waals surface area contributed by atoms with Crippen molar-refractivity contribution in [2.45, 2.75) is 27.7 Å². The van der Waals surface area contributed by atoms with Gasteiger partial charge in [0, 0.05) is 12.7 Å². The minimum Gasteiger partial charge on any atom is -0.350 e. The van der Waals surface area contributed by atoms with Gasteiger partial charge in [-0.05, 0) is 31.4 Å². The van der Waals surface area contributed by atoms with Crippen LogP contribution >= 0.6 is 0 Å². The number of carbonyl (C=O) groups excluding carboxylic acids is 1. The van der Waals surface area contributed by atoms with Crippen LogP contribution in [0.15, 0.2) is 18.3 Å². The maximum absolute atomic E-state index is 12.2. The molecule has 1 amide bonds. The van der Waals surface area contributed by atoms with Gasteiger partial charge in [0.1, 0.15) is 11.3 Å². The molecule has 0 bridgehead atoms. The Balaban J connectivity index is 2.40. The Morgan fingerprint density at radius 3 is 2.78 bits per heavy atom. The van der Waals surface area contributed by atoms with Gasteiger partial charge in [0.2, 0.25) is 0 Å². The molecule has 0 aromatic carbocycles. The summed E-state index contributed by atoms with van der Waals surface area (Å²) in [5.41, 5.74) is 3.32. The molecule has 0 aliphatic heterocycles. The molecule has 0 atom stereocenters. The molecule has 0 saturated carbocycles. The Labute approximate surface area is 107 Å². The molecule has 1 N–H and O–H groups in total. The van der Waals surface area contributed by atoms with Crippen molar-refractivity contribution in [1.29, 1.82) is 0 Å². The Morgan fingerprint density at radius 1 is 1.39 bits per heavy atom. The van der Waals surface area contributed by atoms with E-state index in [1.807, 2.05) is 36.6 Å². The van der Waals surface area contributed by atoms with E-state index >= 15 is 0 Å². The lowest BCUT2D eigenvalue weighted by atomic mass is 10.2. The van der Waals surface area contributed by atoms with Crippen LogP contribution in [-0.4, -0.2) is 21.8 Å². The van der Waals surface area contributed by atoms with Crippen molar-refractivity contribution >= 4 is 11.6 Å². The van der Waals surface area contributed by atoms with E-state index in [9.17, 15) is 4.79 Å². The molecule has 4 heteroatoms. The lowest BCUT2D eigenvalue weighted by molar-refractivity contribution is 0.0942. The second kappa shape index (κ2) is 4.80. The number of hydrogen-bond donors (Lipinski definition) is 1. The van der Waals surface area contributed by atoms with Gasteiger partial charge in [-0.25, -0.2) is 4.98 Å². The van der Waals surface area contributed by atoms with Crippen LogP contribution in [0.4, 0.5) is 0 Å². The predicted octanol–water partition coefficient (Wildman–Crippen LogP) is 2.34. The zero-order valence-corrected chi connectivity index (χ0v) is 11.3. The molecule has 0 unspecified atom stereocenters. The molecule has 0 aliphatic carbocycles. The molecule has 18 heavy (non-hydrogen) atoms. The number of amides is 1. The first-order chi connectivity index (χ1) is 8.49. The zero-order chi connectivity index (χ0) is 13.3. The maximum atomic E-state index is 12.2. The van der Waals surface area contributed by atoms with Gasteiger partial charge in [-0.3, -0.25) is 9.20 Å². The normalized spacial score (nSPS) is 11.2. The van der Waals surface area contributed by atoms with Crippen LogP contribution in [0.3, 0.4) is 0 Å². The highest BCUT2D eigenvalue weighted by molar-refractivity contribution is 5.94. The summed E-state index contributed by atoms with van der Waals surface area (Å²) >= 11 is 0. The number of nitrogens with zero attached hydrogens (tertiary/aromatic N) is 2. The molecule has 96 valence electrons. The topological polar surface area (TPSA) is 46.4 Å². The van der Waals surface area contributed by atoms with Crippen molar-refractivity contribution in [1.82, 2.24) is 14.7 Å². The average molecular weight is 245 g/mol. The van der Waals surface area contributed by atoms with Crippen LogP contribution in [0.5, 0.6) is 0 Å². The highest BCUT2D eigenvalue weighted by Crippen LogP contribution is 2.13. The molecule has 2 aromatic rings. The van der Waals surface area contributed by atoms with Gasteiger partial charge in [-0.2, -0.15) is 0 Å². The molecule has 0 spiro atoms. The molecule has 0 radical (unpaired) electrons. The summed E-state index contributed by atoms with van der Waals surface area (Å²) in [4.78, 5) is 16.6. The highest BCUT2D eigenvalue weighted by atomic mass is 16.1. The third kappa shape index (κ3) is 2.37. The highest BCUT2D eigenvalue weighted by Gasteiger charge is 2.16. The van der Waals surface area contributed by atoms with Crippen LogP contribution < -0.4 is 5.32 Å². The average Bonchev–Trinajstić information content (AvgIpc) is 2.61. The summed E-state index contributed by atoms with van der Waals surface area (Å²) in [6.45, 7) is 8.70. The second-order valence-corrected chi connectivity index (χ2v) is 5.08. The lowest BCUT2D eigenvalue weighted by Crippen LogP contribution is -2.28. The van der Waals surface area contributed by atoms with E-state index in [1.54, 1.807) is 0 Å². The molecule has 0 aliphatic rings. The number of carbonyl (C=O) groups is 1. The first-order valence-electron chi connectivity index (χ1n) is 6.22. The number of aromatic nitrogens is 2. The molecule has 0 saturated heterocycles. The van der Waals surface area contributed by atoms with Crippen LogP contribution in [-0.2, 0) is 0 Å². The van der Waals surface area contributed by atoms with Gasteiger partial charge in [0.15, 0.2) is 0 Å². The van der Waals surface area contributed by atoms with Crippen molar-refractivity contribution in [2.75, 3.05) is 6.54 Å². The molecule has 0 fully saturated rings. The largest absolute Gasteiger partial charge is 0.350 e. The van der Waals surface area contributed by atoms with Crippen LogP contribution in [0.25, 0.3) is 5.65 Å². The Hall–Kier alpha value is -1.84. The minimum atomic E-state index is -0.0562. The molecule has 4 nitrogen and oxygen atoms in total. The van der Waals surface area contributed by atoms with E-state index in [2.05, 4.69) is 24.1 Å². The number of imidazole rings is 1. The van der Waals surface area contributed by atoms with Crippen molar-refractivity contribution in [3.05, 3.63) is 35.3 Å². The fraction of sp³-hybridized carbons (Fsp3) is 0.429. The first kappa shape index (κ1) is 12.6. The summed E-state index contributed by atoms with van der Waals surface area (Å²) in [5, 5.41) is 2.94. The number of fused-ring (bicyclic) bond motifs is 1. The molecular formula is C14H19N3O. The van der Waals surface area contributed by atoms with E-state index in [0.717, 1.165) is 16.9 Å². The number of aryl methyl sites for hydroxylation is 2. The van der Waals surface area contributed by atoms with E-state index < -0.39 is 0 Å². The van der Waals surface area contributed by atoms with E-state index in [1.165, 1.54) is 0 Å². The van der Waals surface area contributed by atoms with E-state index in [-0.39, 0.29) is 5.91 Å². The van der Waals surface area contributed by atoms with Crippen LogP contribution in [0.1, 0.15) is 35.6 Å². The summed E-state index contributed by atoms with van der Waals surface area (Å²) in [6.07, 6.45) is 1.94. The summed E-state index contributed by atoms with van der Waals surface area (Å²) in [6, 6.07) is 3.93. The van der Waals surface area contributed by atoms with Gasteiger partial charge >= 0.3 is 0 Å². The Bertz CT molecular complexity index is 584. The lowest BCUT2D eigenvalue weighted by Gasteiger charge is -2.08. The molecule has 2 rings (SSSR count). The first-order valence-corrected chi connectivity index (χ1v) is 6.22. The molecular weight excluding hydrogens is 226 g/mol. The van der Waals surface area contributed by atoms with Crippen molar-refractivity contribution in [2.24, 2.45) is 5.92 Å². The van der Waals surface area contributed by atoms with Crippen molar-refractivity contribution < 1.29 is 4.79 Å². The third-order valence-electron chi connectivity index (χ3n) is 2.83. The van der Waals surface area contributed by atoms with Gasteiger partial charge in [0.25, 0.3) is 5.91 Å². The van der Waals surface area contributed by atoms with Crippen LogP contribution in [0.2, 0.25) is 0 Å². The monoisotopic (exact) mass is 245 g/mol. The number of hydrogen-bond acceptors (Lipinski definition) is 2. The zero-order valence-electron chi connectivity index (χ0n) is 11.3. The van der Waals surface area contributed by atoms with Crippen LogP contribution in [0, 0.1) is 19.8 Å². The summed E-state index contributed by atoms with van der Waals surface area (Å²) < 4.78 is 1.86. The predicted molar refractivity (Wildman–Crippen MR) is 71.8 cm³/mol. The van der Waals surface area contributed by atoms with E-state index in [0.29, 0.717) is 18.2 Å². The van der Waals surface area contributed by atoms with Crippen molar-refractivity contribution in [3.8, 4) is 0 Å². The Morgan fingerprint density at radius 2 is 2.11 bits per heavy atom. The fourth-order valence-corrected chi connectivity index (χ4v) is 1.92. The second-order valence-electron chi connectivity index (χ2n) is 5.08. The number of nitrogens with one attached hydrogen (secondary N) is 1. The summed E-state index contributed by atoms with van der Waals surface area (Å²) in [5.74, 6) is 0.384. The number of rotatable bonds is 3. The fourth-order valence-electron chi connectivity index (χ4n) is 1.92. The quantitative estimate of drug-likeness (QED) is 0.902. The molecule has 2 heterocycles. The molecule has 2 aromatic heterocycles. The van der Waals surface area contributed by atoms with Gasteiger partial charge in [0.05, 0.1) is 5.69 Å². The SMILES string of the molecule is Cc1ccc2nc(C)c(C(=O)NCC(C)C)n2c1. The van der Waals surface area contributed by atoms with E-state index in [4.69, 9.17) is 0 Å². The van der Waals surface area contributed by atoms with Crippen molar-refractivity contribution in [3.63, 3.8) is 0 Å². The summed E-state index contributed by atoms with van der Waals surface area (Å²) in [7, 11) is 0.